The van der Waals surface area contributed by atoms with Crippen molar-refractivity contribution in [1.29, 1.82) is 0 Å². The van der Waals surface area contributed by atoms with E-state index < -0.39 is 108 Å². The van der Waals surface area contributed by atoms with Crippen LogP contribution in [0, 0.1) is 5.92 Å². The number of carbonyl (C=O) groups excluding carboxylic acids is 8. The summed E-state index contributed by atoms with van der Waals surface area (Å²) in [5.74, 6) is -10.2. The molecule has 0 saturated carbocycles. The molecule has 10 N–H and O–H groups in total. The first kappa shape index (κ1) is 44.4. The molecule has 5 atom stereocenters. The van der Waals surface area contributed by atoms with Gasteiger partial charge in [-0.15, -0.1) is 11.8 Å². The van der Waals surface area contributed by atoms with Crippen molar-refractivity contribution in [3.05, 3.63) is 47.8 Å². The second-order valence-corrected chi connectivity index (χ2v) is 14.3. The summed E-state index contributed by atoms with van der Waals surface area (Å²) < 4.78 is 0. The first-order valence-electron chi connectivity index (χ1n) is 17.3. The Kier molecular flexibility index (Phi) is 15.9. The summed E-state index contributed by atoms with van der Waals surface area (Å²) in [7, 11) is 2.43. The fraction of sp³-hybridized carbons (Fsp3) is 0.457. The smallest absolute Gasteiger partial charge is 0.330 e. The molecule has 1 aromatic heterocycles. The summed E-state index contributed by atoms with van der Waals surface area (Å²) >= 11 is 0.878. The number of aromatic nitrogens is 1. The molecular weight excluding hydrogens is 755 g/mol. The summed E-state index contributed by atoms with van der Waals surface area (Å²) in [5, 5.41) is 32.4. The number of hydrogen-bond donors (Lipinski definition) is 9. The predicted molar refractivity (Wildman–Crippen MR) is 202 cm³/mol. The second-order valence-electron chi connectivity index (χ2n) is 13.3. The number of likely N-dealkylation sites (N-methyl/N-ethyl adjacent to an activating group) is 2. The molecule has 8 amide bonds. The van der Waals surface area contributed by atoms with Crippen LogP contribution in [0.2, 0.25) is 0 Å². The minimum Gasteiger partial charge on any atom is -0.478 e. The molecule has 1 fully saturated rings. The van der Waals surface area contributed by atoms with E-state index in [2.05, 4.69) is 31.6 Å². The lowest BCUT2D eigenvalue weighted by Crippen LogP contribution is -2.60. The normalized spacial score (nSPS) is 23.6. The van der Waals surface area contributed by atoms with E-state index in [1.54, 1.807) is 12.3 Å². The van der Waals surface area contributed by atoms with Crippen LogP contribution >= 0.6 is 11.8 Å². The molecule has 304 valence electrons. The minimum atomic E-state index is -1.63. The molecule has 21 heteroatoms. The highest BCUT2D eigenvalue weighted by Crippen LogP contribution is 2.20. The van der Waals surface area contributed by atoms with E-state index in [-0.39, 0.29) is 17.9 Å². The number of aromatic amines is 1. The van der Waals surface area contributed by atoms with E-state index in [1.165, 1.54) is 27.8 Å². The molecule has 1 aliphatic heterocycles. The minimum absolute atomic E-state index is 0.0423. The Hall–Kier alpha value is -5.96. The number of rotatable bonds is 8. The Morgan fingerprint density at radius 3 is 2.30 bits per heavy atom. The number of hydrogen-bond acceptors (Lipinski definition) is 11. The summed E-state index contributed by atoms with van der Waals surface area (Å²) in [4.78, 5) is 123. The number of para-hydroxylation sites is 1. The van der Waals surface area contributed by atoms with Crippen molar-refractivity contribution >= 4 is 75.9 Å². The number of thioether (sulfide) groups is 1. The molecule has 1 aromatic carbocycles. The van der Waals surface area contributed by atoms with Crippen LogP contribution < -0.4 is 32.3 Å². The van der Waals surface area contributed by atoms with Gasteiger partial charge in [0.15, 0.2) is 0 Å². The maximum atomic E-state index is 14.0. The second kappa shape index (κ2) is 20.1. The van der Waals surface area contributed by atoms with E-state index in [9.17, 15) is 53.4 Å². The third kappa shape index (κ3) is 11.8. The zero-order chi connectivity index (χ0) is 41.9. The Bertz CT molecular complexity index is 1880. The number of nitrogens with zero attached hydrogens (tertiary/aromatic N) is 2. The predicted octanol–water partition coefficient (Wildman–Crippen LogP) is -3.08. The van der Waals surface area contributed by atoms with Crippen molar-refractivity contribution in [3.8, 4) is 0 Å². The number of carbonyl (C=O) groups is 9. The highest BCUT2D eigenvalue weighted by Gasteiger charge is 2.37. The van der Waals surface area contributed by atoms with E-state index in [0.717, 1.165) is 39.5 Å². The monoisotopic (exact) mass is 801 g/mol. The van der Waals surface area contributed by atoms with E-state index in [1.807, 2.05) is 18.2 Å². The number of carboxylic acid groups (broad SMARTS) is 1. The zero-order valence-electron chi connectivity index (χ0n) is 31.4. The molecule has 0 aliphatic carbocycles. The number of nitrogens with one attached hydrogen (secondary N) is 6. The molecule has 56 heavy (non-hydrogen) atoms. The van der Waals surface area contributed by atoms with Gasteiger partial charge in [-0.25, -0.2) is 4.79 Å². The van der Waals surface area contributed by atoms with E-state index in [4.69, 9.17) is 5.73 Å². The number of nitrogens with two attached hydrogens (primary N) is 1. The Morgan fingerprint density at radius 2 is 1.68 bits per heavy atom. The van der Waals surface area contributed by atoms with Gasteiger partial charge < -0.3 is 57.3 Å². The molecule has 1 aliphatic rings. The van der Waals surface area contributed by atoms with Crippen LogP contribution in [-0.2, 0) is 49.6 Å². The van der Waals surface area contributed by atoms with Gasteiger partial charge in [0.25, 0.3) is 5.91 Å². The van der Waals surface area contributed by atoms with Crippen molar-refractivity contribution in [1.82, 2.24) is 41.4 Å². The summed E-state index contributed by atoms with van der Waals surface area (Å²) in [6.07, 6.45) is 2.02. The molecule has 3 rings (SSSR count). The molecule has 1 saturated heterocycles. The number of primary amides is 1. The van der Waals surface area contributed by atoms with Crippen LogP contribution in [0.25, 0.3) is 10.9 Å². The fourth-order valence-corrected chi connectivity index (χ4v) is 6.45. The van der Waals surface area contributed by atoms with Crippen molar-refractivity contribution in [3.63, 3.8) is 0 Å². The van der Waals surface area contributed by atoms with Crippen LogP contribution in [0.15, 0.2) is 42.2 Å². The topological polar surface area (TPSA) is 303 Å². The quantitative estimate of drug-likeness (QED) is 0.120. The Morgan fingerprint density at radius 1 is 1.00 bits per heavy atom. The molecule has 0 spiro atoms. The van der Waals surface area contributed by atoms with E-state index >= 15 is 0 Å². The SMILES string of the molecule is CC(C)[C@H]1NC(=O)/C(=C\C(=O)O)NC(=O)[C@@H](C)N(C)C(=O)[C@@H](Cc2c[nH]c3ccccc23)NC(=O)CSC[C@@H](C(=O)NCC(N)=O)NC(=O)[C@H](CO)N(C)C1=O. The molecular formula is C35H47N9O11S. The number of carboxylic acids is 1. The van der Waals surface area contributed by atoms with Gasteiger partial charge >= 0.3 is 5.97 Å². The van der Waals surface area contributed by atoms with Gasteiger partial charge in [-0.1, -0.05) is 32.0 Å². The standard InChI is InChI=1S/C35H47N9O11S/c1-17(2)29-35(55)44(5)25(14-45)33(53)41-24(31(51)38-13-26(36)46)15-56-16-27(47)39-23(10-19-12-37-21-9-7-6-8-20(19)21)34(54)43(4)18(3)30(50)40-22(11-28(48)49)32(52)42-29/h6-9,11-12,17-18,23-25,29,37,45H,10,13-16H2,1-5H3,(H2,36,46)(H,38,51)(H,39,47)(H,40,50)(H,41,53)(H,42,52)(H,48,49)/b22-11+/t18-,23-,24+,25+,29-/m1/s1. The van der Waals surface area contributed by atoms with Crippen molar-refractivity contribution in [2.75, 3.05) is 38.8 Å². The summed E-state index contributed by atoms with van der Waals surface area (Å²) in [6, 6.07) is 0.133. The lowest BCUT2D eigenvalue weighted by molar-refractivity contribution is -0.144. The molecule has 0 radical (unpaired) electrons. The van der Waals surface area contributed by atoms with Gasteiger partial charge in [0.1, 0.15) is 35.9 Å². The number of amides is 8. The lowest BCUT2D eigenvalue weighted by Gasteiger charge is -2.32. The zero-order valence-corrected chi connectivity index (χ0v) is 32.2. The first-order valence-corrected chi connectivity index (χ1v) is 18.5. The van der Waals surface area contributed by atoms with Crippen molar-refractivity contribution < 1.29 is 53.4 Å². The van der Waals surface area contributed by atoms with Crippen LogP contribution in [0.1, 0.15) is 26.3 Å². The van der Waals surface area contributed by atoms with Gasteiger partial charge in [0, 0.05) is 43.4 Å². The van der Waals surface area contributed by atoms with Crippen LogP contribution in [0.3, 0.4) is 0 Å². The third-order valence-corrected chi connectivity index (χ3v) is 9.94. The lowest BCUT2D eigenvalue weighted by atomic mass is 10.0. The number of H-pyrrole nitrogens is 1. The van der Waals surface area contributed by atoms with Crippen molar-refractivity contribution in [2.45, 2.75) is 57.4 Å². The summed E-state index contributed by atoms with van der Waals surface area (Å²) in [6.45, 7) is 2.85. The molecule has 2 heterocycles. The van der Waals surface area contributed by atoms with Gasteiger partial charge in [0.2, 0.25) is 41.4 Å². The average Bonchev–Trinajstić information content (AvgIpc) is 3.55. The average molecular weight is 802 g/mol. The fourth-order valence-electron chi connectivity index (χ4n) is 5.59. The van der Waals surface area contributed by atoms with Crippen LogP contribution in [0.5, 0.6) is 0 Å². The maximum Gasteiger partial charge on any atom is 0.330 e. The van der Waals surface area contributed by atoms with Gasteiger partial charge in [-0.2, -0.15) is 0 Å². The third-order valence-electron chi connectivity index (χ3n) is 8.91. The number of aliphatic hydroxyl groups is 1. The van der Waals surface area contributed by atoms with E-state index in [0.29, 0.717) is 11.6 Å². The Labute approximate surface area is 325 Å². The van der Waals surface area contributed by atoms with Crippen LogP contribution in [-0.4, -0.2) is 147 Å². The van der Waals surface area contributed by atoms with Crippen molar-refractivity contribution in [2.24, 2.45) is 11.7 Å². The molecule has 20 nitrogen and oxygen atoms in total. The van der Waals surface area contributed by atoms with Gasteiger partial charge in [-0.3, -0.25) is 38.4 Å². The first-order chi connectivity index (χ1) is 26.4. The summed E-state index contributed by atoms with van der Waals surface area (Å²) in [5.41, 5.74) is 5.78. The highest BCUT2D eigenvalue weighted by molar-refractivity contribution is 8.00. The van der Waals surface area contributed by atoms with Crippen LogP contribution in [0.4, 0.5) is 0 Å². The number of fused-ring (bicyclic) bond motifs is 1. The molecule has 0 unspecified atom stereocenters. The number of aliphatic carboxylic acids is 1. The maximum absolute atomic E-state index is 14.0. The van der Waals surface area contributed by atoms with Gasteiger partial charge in [-0.05, 0) is 24.5 Å². The highest BCUT2D eigenvalue weighted by atomic mass is 32.2. The Balaban J connectivity index is 2.08. The van der Waals surface area contributed by atoms with Gasteiger partial charge in [0.05, 0.1) is 25.0 Å². The molecule has 2 aromatic rings. The largest absolute Gasteiger partial charge is 0.478 e. The number of benzene rings is 1. The molecule has 0 bridgehead atoms. The number of aliphatic hydroxyl groups excluding tert-OH is 1.